The van der Waals surface area contributed by atoms with Crippen molar-refractivity contribution in [2.75, 3.05) is 19.6 Å². The minimum Gasteiger partial charge on any atom is -0.313 e. The SMILES string of the molecule is CC(C)N1CCC(CNC(C)C2(C)CC2)C1. The maximum atomic E-state index is 3.76. The molecule has 1 aliphatic carbocycles. The second kappa shape index (κ2) is 4.66. The Kier molecular flexibility index (Phi) is 3.60. The molecule has 2 atom stereocenters. The minimum absolute atomic E-state index is 0.621. The van der Waals surface area contributed by atoms with Crippen molar-refractivity contribution in [3.8, 4) is 0 Å². The van der Waals surface area contributed by atoms with Crippen molar-refractivity contribution in [1.82, 2.24) is 10.2 Å². The van der Waals surface area contributed by atoms with E-state index in [0.717, 1.165) is 12.0 Å². The van der Waals surface area contributed by atoms with Gasteiger partial charge in [0.05, 0.1) is 0 Å². The van der Waals surface area contributed by atoms with E-state index in [9.17, 15) is 0 Å². The van der Waals surface area contributed by atoms with E-state index in [1.807, 2.05) is 0 Å². The van der Waals surface area contributed by atoms with Crippen molar-refractivity contribution in [1.29, 1.82) is 0 Å². The van der Waals surface area contributed by atoms with Crippen LogP contribution >= 0.6 is 0 Å². The molecule has 2 rings (SSSR count). The molecule has 16 heavy (non-hydrogen) atoms. The molecule has 2 fully saturated rings. The van der Waals surface area contributed by atoms with Crippen LogP contribution in [-0.2, 0) is 0 Å². The van der Waals surface area contributed by atoms with Crippen molar-refractivity contribution in [3.63, 3.8) is 0 Å². The van der Waals surface area contributed by atoms with Crippen LogP contribution in [0.5, 0.6) is 0 Å². The lowest BCUT2D eigenvalue weighted by molar-refractivity contribution is 0.260. The molecule has 1 heterocycles. The maximum absolute atomic E-state index is 3.76. The average molecular weight is 224 g/mol. The normalized spacial score (nSPS) is 30.9. The van der Waals surface area contributed by atoms with Gasteiger partial charge in [0.2, 0.25) is 0 Å². The lowest BCUT2D eigenvalue weighted by atomic mass is 10.00. The molecule has 94 valence electrons. The van der Waals surface area contributed by atoms with Crippen molar-refractivity contribution in [3.05, 3.63) is 0 Å². The molecular weight excluding hydrogens is 196 g/mol. The Morgan fingerprint density at radius 2 is 2.00 bits per heavy atom. The van der Waals surface area contributed by atoms with E-state index in [1.165, 1.54) is 38.9 Å². The second-order valence-electron chi connectivity index (χ2n) is 6.53. The van der Waals surface area contributed by atoms with Crippen LogP contribution in [0.3, 0.4) is 0 Å². The van der Waals surface area contributed by atoms with Crippen molar-refractivity contribution >= 4 is 0 Å². The number of likely N-dealkylation sites (tertiary alicyclic amines) is 1. The molecule has 2 heteroatoms. The van der Waals surface area contributed by atoms with Gasteiger partial charge in [-0.05, 0) is 64.5 Å². The molecule has 1 saturated carbocycles. The van der Waals surface area contributed by atoms with E-state index in [-0.39, 0.29) is 0 Å². The minimum atomic E-state index is 0.621. The summed E-state index contributed by atoms with van der Waals surface area (Å²) in [5, 5.41) is 3.76. The summed E-state index contributed by atoms with van der Waals surface area (Å²) < 4.78 is 0. The number of rotatable bonds is 5. The Morgan fingerprint density at radius 3 is 2.50 bits per heavy atom. The second-order valence-corrected chi connectivity index (χ2v) is 6.53. The molecule has 2 unspecified atom stereocenters. The van der Waals surface area contributed by atoms with Crippen LogP contribution < -0.4 is 5.32 Å². The lowest BCUT2D eigenvalue weighted by Gasteiger charge is -2.23. The van der Waals surface area contributed by atoms with Crippen LogP contribution in [0.1, 0.15) is 47.0 Å². The molecule has 2 aliphatic rings. The Labute approximate surface area is 101 Å². The highest BCUT2D eigenvalue weighted by Gasteiger charge is 2.42. The van der Waals surface area contributed by atoms with Gasteiger partial charge in [-0.3, -0.25) is 0 Å². The van der Waals surface area contributed by atoms with Gasteiger partial charge < -0.3 is 10.2 Å². The molecule has 0 radical (unpaired) electrons. The van der Waals surface area contributed by atoms with E-state index in [2.05, 4.69) is 37.9 Å². The molecule has 1 aliphatic heterocycles. The standard InChI is InChI=1S/C14H28N2/c1-11(2)16-8-5-13(10-16)9-15-12(3)14(4)6-7-14/h11-13,15H,5-10H2,1-4H3. The number of nitrogens with zero attached hydrogens (tertiary/aromatic N) is 1. The average Bonchev–Trinajstić information content (AvgIpc) is 2.82. The summed E-state index contributed by atoms with van der Waals surface area (Å²) in [6, 6.07) is 1.43. The first-order chi connectivity index (χ1) is 7.51. The summed E-state index contributed by atoms with van der Waals surface area (Å²) in [4.78, 5) is 2.61. The van der Waals surface area contributed by atoms with Gasteiger partial charge >= 0.3 is 0 Å². The zero-order valence-electron chi connectivity index (χ0n) is 11.4. The predicted molar refractivity (Wildman–Crippen MR) is 69.6 cm³/mol. The predicted octanol–water partition coefficient (Wildman–Crippen LogP) is 2.49. The molecule has 0 aromatic carbocycles. The third-order valence-electron chi connectivity index (χ3n) is 4.84. The topological polar surface area (TPSA) is 15.3 Å². The fraction of sp³-hybridized carbons (Fsp3) is 1.00. The van der Waals surface area contributed by atoms with Gasteiger partial charge in [0.25, 0.3) is 0 Å². The third-order valence-corrected chi connectivity index (χ3v) is 4.84. The van der Waals surface area contributed by atoms with E-state index in [1.54, 1.807) is 0 Å². The fourth-order valence-corrected chi connectivity index (χ4v) is 2.72. The van der Waals surface area contributed by atoms with Crippen LogP contribution in [0.4, 0.5) is 0 Å². The van der Waals surface area contributed by atoms with Gasteiger partial charge in [-0.1, -0.05) is 6.92 Å². The zero-order valence-corrected chi connectivity index (χ0v) is 11.4. The van der Waals surface area contributed by atoms with E-state index in [4.69, 9.17) is 0 Å². The zero-order chi connectivity index (χ0) is 11.8. The molecule has 0 aromatic rings. The van der Waals surface area contributed by atoms with Crippen LogP contribution in [0.25, 0.3) is 0 Å². The monoisotopic (exact) mass is 224 g/mol. The molecular formula is C14H28N2. The van der Waals surface area contributed by atoms with Crippen molar-refractivity contribution < 1.29 is 0 Å². The summed E-state index contributed by atoms with van der Waals surface area (Å²) in [5.41, 5.74) is 0.621. The largest absolute Gasteiger partial charge is 0.313 e. The first-order valence-corrected chi connectivity index (χ1v) is 6.99. The van der Waals surface area contributed by atoms with Crippen LogP contribution in [0.15, 0.2) is 0 Å². The molecule has 1 saturated heterocycles. The van der Waals surface area contributed by atoms with Gasteiger partial charge in [-0.25, -0.2) is 0 Å². The summed E-state index contributed by atoms with van der Waals surface area (Å²) in [5.74, 6) is 0.882. The van der Waals surface area contributed by atoms with Gasteiger partial charge in [-0.15, -0.1) is 0 Å². The van der Waals surface area contributed by atoms with Crippen molar-refractivity contribution in [2.24, 2.45) is 11.3 Å². The van der Waals surface area contributed by atoms with Gasteiger partial charge in [0.15, 0.2) is 0 Å². The quantitative estimate of drug-likeness (QED) is 0.772. The van der Waals surface area contributed by atoms with E-state index >= 15 is 0 Å². The third kappa shape index (κ3) is 2.78. The summed E-state index contributed by atoms with van der Waals surface area (Å²) in [6.45, 7) is 13.2. The smallest absolute Gasteiger partial charge is 0.00926 e. The lowest BCUT2D eigenvalue weighted by Crippen LogP contribution is -2.38. The number of hydrogen-bond acceptors (Lipinski definition) is 2. The fourth-order valence-electron chi connectivity index (χ4n) is 2.72. The Balaban J connectivity index is 1.67. The van der Waals surface area contributed by atoms with Crippen LogP contribution in [-0.4, -0.2) is 36.6 Å². The van der Waals surface area contributed by atoms with Gasteiger partial charge in [-0.2, -0.15) is 0 Å². The van der Waals surface area contributed by atoms with E-state index < -0.39 is 0 Å². The van der Waals surface area contributed by atoms with Gasteiger partial charge in [0, 0.05) is 18.6 Å². The Hall–Kier alpha value is -0.0800. The maximum Gasteiger partial charge on any atom is 0.00926 e. The van der Waals surface area contributed by atoms with E-state index in [0.29, 0.717) is 11.5 Å². The summed E-state index contributed by atoms with van der Waals surface area (Å²) in [7, 11) is 0. The summed E-state index contributed by atoms with van der Waals surface area (Å²) in [6.07, 6.45) is 4.22. The Morgan fingerprint density at radius 1 is 1.31 bits per heavy atom. The van der Waals surface area contributed by atoms with Crippen LogP contribution in [0.2, 0.25) is 0 Å². The molecule has 2 nitrogen and oxygen atoms in total. The Bertz CT molecular complexity index is 233. The van der Waals surface area contributed by atoms with Crippen LogP contribution in [0, 0.1) is 11.3 Å². The number of hydrogen-bond donors (Lipinski definition) is 1. The summed E-state index contributed by atoms with van der Waals surface area (Å²) >= 11 is 0. The highest BCUT2D eigenvalue weighted by molar-refractivity contribution is 4.97. The molecule has 0 amide bonds. The van der Waals surface area contributed by atoms with Crippen molar-refractivity contribution in [2.45, 2.75) is 59.0 Å². The molecule has 1 N–H and O–H groups in total. The molecule has 0 spiro atoms. The highest BCUT2D eigenvalue weighted by Crippen LogP contribution is 2.47. The molecule has 0 aromatic heterocycles. The van der Waals surface area contributed by atoms with Gasteiger partial charge in [0.1, 0.15) is 0 Å². The first kappa shape index (κ1) is 12.4. The number of nitrogens with one attached hydrogen (secondary N) is 1. The molecule has 0 bridgehead atoms. The first-order valence-electron chi connectivity index (χ1n) is 6.99. The highest BCUT2D eigenvalue weighted by atomic mass is 15.2.